The summed E-state index contributed by atoms with van der Waals surface area (Å²) in [6.45, 7) is 1.13. The van der Waals surface area contributed by atoms with E-state index in [-0.39, 0.29) is 0 Å². The maximum absolute atomic E-state index is 5.32. The molecule has 3 nitrogen and oxygen atoms in total. The van der Waals surface area contributed by atoms with Crippen LogP contribution in [-0.2, 0) is 6.42 Å². The molecule has 0 atom stereocenters. The predicted octanol–water partition coefficient (Wildman–Crippen LogP) is 2.72. The molecule has 0 spiro atoms. The van der Waals surface area contributed by atoms with Gasteiger partial charge in [0.2, 0.25) is 5.89 Å². The Morgan fingerprint density at radius 3 is 3.12 bits per heavy atom. The van der Waals surface area contributed by atoms with Crippen molar-refractivity contribution in [2.75, 3.05) is 18.5 Å². The van der Waals surface area contributed by atoms with E-state index in [0.717, 1.165) is 12.1 Å². The molecule has 3 heteroatoms. The van der Waals surface area contributed by atoms with E-state index in [4.69, 9.17) is 4.42 Å². The van der Waals surface area contributed by atoms with Crippen LogP contribution in [0.5, 0.6) is 0 Å². The van der Waals surface area contributed by atoms with Crippen molar-refractivity contribution in [3.05, 3.63) is 36.2 Å². The molecule has 3 rings (SSSR count). The molecule has 82 valence electrons. The fraction of sp³-hybridized carbons (Fsp3) is 0.308. The van der Waals surface area contributed by atoms with Crippen LogP contribution in [-0.4, -0.2) is 18.6 Å². The second-order valence-corrected chi connectivity index (χ2v) is 4.21. The van der Waals surface area contributed by atoms with E-state index in [1.54, 1.807) is 12.5 Å². The Morgan fingerprint density at radius 1 is 1.38 bits per heavy atom. The van der Waals surface area contributed by atoms with Gasteiger partial charge in [-0.3, -0.25) is 0 Å². The van der Waals surface area contributed by atoms with Crippen molar-refractivity contribution >= 4 is 5.69 Å². The lowest BCUT2D eigenvalue weighted by Crippen LogP contribution is -2.24. The van der Waals surface area contributed by atoms with E-state index in [1.807, 2.05) is 0 Å². The number of hydrogen-bond donors (Lipinski definition) is 0. The lowest BCUT2D eigenvalue weighted by Gasteiger charge is -2.27. The molecule has 0 saturated heterocycles. The zero-order chi connectivity index (χ0) is 11.0. The van der Waals surface area contributed by atoms with Crippen LogP contribution in [0.25, 0.3) is 11.5 Å². The smallest absolute Gasteiger partial charge is 0.225 e. The van der Waals surface area contributed by atoms with Crippen molar-refractivity contribution in [1.29, 1.82) is 0 Å². The molecule has 0 amide bonds. The quantitative estimate of drug-likeness (QED) is 0.731. The highest BCUT2D eigenvalue weighted by molar-refractivity contribution is 5.66. The van der Waals surface area contributed by atoms with Gasteiger partial charge in [0, 0.05) is 24.8 Å². The number of rotatable bonds is 1. The summed E-state index contributed by atoms with van der Waals surface area (Å²) >= 11 is 0. The molecule has 0 saturated carbocycles. The van der Waals surface area contributed by atoms with Gasteiger partial charge in [-0.15, -0.1) is 0 Å². The highest BCUT2D eigenvalue weighted by Crippen LogP contribution is 2.30. The van der Waals surface area contributed by atoms with Crippen molar-refractivity contribution in [1.82, 2.24) is 4.98 Å². The topological polar surface area (TPSA) is 29.3 Å². The summed E-state index contributed by atoms with van der Waals surface area (Å²) in [7, 11) is 2.14. The highest BCUT2D eigenvalue weighted by atomic mass is 16.3. The number of hydrogen-bond acceptors (Lipinski definition) is 3. The van der Waals surface area contributed by atoms with Crippen LogP contribution in [0.4, 0.5) is 5.69 Å². The van der Waals surface area contributed by atoms with Crippen molar-refractivity contribution in [2.24, 2.45) is 0 Å². The van der Waals surface area contributed by atoms with Crippen molar-refractivity contribution in [2.45, 2.75) is 12.8 Å². The Bertz CT molecular complexity index is 491. The number of anilines is 1. The maximum Gasteiger partial charge on any atom is 0.225 e. The average molecular weight is 214 g/mol. The molecule has 0 bridgehead atoms. The lowest BCUT2D eigenvalue weighted by molar-refractivity contribution is 0.574. The third-order valence-corrected chi connectivity index (χ3v) is 3.12. The Labute approximate surface area is 94.7 Å². The van der Waals surface area contributed by atoms with Gasteiger partial charge in [0.15, 0.2) is 0 Å². The molecule has 2 heterocycles. The second kappa shape index (κ2) is 3.67. The molecule has 0 aliphatic carbocycles. The standard InChI is InChI=1S/C13H14N2O/c1-15-7-2-3-10-4-5-11(9-12(10)15)13-14-6-8-16-13/h4-6,8-9H,2-3,7H2,1H3. The number of benzene rings is 1. The van der Waals surface area contributed by atoms with Gasteiger partial charge >= 0.3 is 0 Å². The van der Waals surface area contributed by atoms with Gasteiger partial charge in [0.1, 0.15) is 6.26 Å². The van der Waals surface area contributed by atoms with Gasteiger partial charge in [-0.05, 0) is 30.5 Å². The maximum atomic E-state index is 5.32. The first-order valence-corrected chi connectivity index (χ1v) is 5.58. The van der Waals surface area contributed by atoms with Crippen molar-refractivity contribution in [3.63, 3.8) is 0 Å². The molecule has 0 radical (unpaired) electrons. The molecule has 0 fully saturated rings. The summed E-state index contributed by atoms with van der Waals surface area (Å²) in [6.07, 6.45) is 5.70. The minimum absolute atomic E-state index is 0.696. The first kappa shape index (κ1) is 9.46. The van der Waals surface area contributed by atoms with Gasteiger partial charge in [-0.1, -0.05) is 6.07 Å². The van der Waals surface area contributed by atoms with Crippen molar-refractivity contribution in [3.8, 4) is 11.5 Å². The first-order chi connectivity index (χ1) is 7.84. The third-order valence-electron chi connectivity index (χ3n) is 3.12. The van der Waals surface area contributed by atoms with Gasteiger partial charge in [0.25, 0.3) is 0 Å². The first-order valence-electron chi connectivity index (χ1n) is 5.58. The molecule has 0 N–H and O–H groups in total. The summed E-state index contributed by atoms with van der Waals surface area (Å²) in [4.78, 5) is 6.47. The van der Waals surface area contributed by atoms with Gasteiger partial charge < -0.3 is 9.32 Å². The van der Waals surface area contributed by atoms with E-state index >= 15 is 0 Å². The van der Waals surface area contributed by atoms with Crippen LogP contribution in [0.3, 0.4) is 0 Å². The molecule has 1 aromatic heterocycles. The van der Waals surface area contributed by atoms with E-state index in [2.05, 4.69) is 35.1 Å². The van der Waals surface area contributed by atoms with Crippen LogP contribution in [0, 0.1) is 0 Å². The summed E-state index contributed by atoms with van der Waals surface area (Å²) in [5.41, 5.74) is 3.78. The number of aromatic nitrogens is 1. The molecular formula is C13H14N2O. The fourth-order valence-electron chi connectivity index (χ4n) is 2.26. The molecule has 2 aromatic rings. The molecule has 1 aromatic carbocycles. The van der Waals surface area contributed by atoms with Crippen molar-refractivity contribution < 1.29 is 4.42 Å². The fourth-order valence-corrected chi connectivity index (χ4v) is 2.26. The number of aryl methyl sites for hydroxylation is 1. The Balaban J connectivity index is 2.07. The number of oxazole rings is 1. The second-order valence-electron chi connectivity index (χ2n) is 4.21. The largest absolute Gasteiger partial charge is 0.445 e. The zero-order valence-electron chi connectivity index (χ0n) is 9.31. The van der Waals surface area contributed by atoms with E-state index in [0.29, 0.717) is 5.89 Å². The summed E-state index contributed by atoms with van der Waals surface area (Å²) < 4.78 is 5.32. The molecule has 1 aliphatic rings. The van der Waals surface area contributed by atoms with E-state index < -0.39 is 0 Å². The zero-order valence-corrected chi connectivity index (χ0v) is 9.31. The van der Waals surface area contributed by atoms with Gasteiger partial charge in [-0.25, -0.2) is 4.98 Å². The van der Waals surface area contributed by atoms with Crippen LogP contribution in [0.2, 0.25) is 0 Å². The van der Waals surface area contributed by atoms with Crippen LogP contribution < -0.4 is 4.90 Å². The SMILES string of the molecule is CN1CCCc2ccc(-c3ncco3)cc21. The predicted molar refractivity (Wildman–Crippen MR) is 63.5 cm³/mol. The van der Waals surface area contributed by atoms with Crippen LogP contribution in [0.1, 0.15) is 12.0 Å². The molecule has 1 aliphatic heterocycles. The van der Waals surface area contributed by atoms with Gasteiger partial charge in [0.05, 0.1) is 6.20 Å². The monoisotopic (exact) mass is 214 g/mol. The molecular weight excluding hydrogens is 200 g/mol. The molecule has 0 unspecified atom stereocenters. The van der Waals surface area contributed by atoms with Crippen LogP contribution in [0.15, 0.2) is 35.1 Å². The minimum Gasteiger partial charge on any atom is -0.445 e. The van der Waals surface area contributed by atoms with Crippen LogP contribution >= 0.6 is 0 Å². The molecule has 16 heavy (non-hydrogen) atoms. The minimum atomic E-state index is 0.696. The summed E-state index contributed by atoms with van der Waals surface area (Å²) in [5, 5.41) is 0. The highest BCUT2D eigenvalue weighted by Gasteiger charge is 2.15. The summed E-state index contributed by atoms with van der Waals surface area (Å²) in [5.74, 6) is 0.696. The van der Waals surface area contributed by atoms with E-state index in [9.17, 15) is 0 Å². The number of fused-ring (bicyclic) bond motifs is 1. The summed E-state index contributed by atoms with van der Waals surface area (Å²) in [6, 6.07) is 6.44. The van der Waals surface area contributed by atoms with E-state index in [1.165, 1.54) is 24.1 Å². The Hall–Kier alpha value is -1.77. The lowest BCUT2D eigenvalue weighted by atomic mass is 10.00. The number of nitrogens with zero attached hydrogens (tertiary/aromatic N) is 2. The van der Waals surface area contributed by atoms with Gasteiger partial charge in [-0.2, -0.15) is 0 Å². The average Bonchev–Trinajstić information content (AvgIpc) is 2.83. The Kier molecular flexibility index (Phi) is 2.17. The Morgan fingerprint density at radius 2 is 2.31 bits per heavy atom. The normalized spacial score (nSPS) is 14.9. The third kappa shape index (κ3) is 1.48.